The zero-order valence-electron chi connectivity index (χ0n) is 13.0. The van der Waals surface area contributed by atoms with Gasteiger partial charge in [-0.05, 0) is 32.9 Å². The van der Waals surface area contributed by atoms with Gasteiger partial charge in [0, 0.05) is 24.9 Å². The second kappa shape index (κ2) is 6.60. The number of carbonyl (C=O) groups is 1. The van der Waals surface area contributed by atoms with Crippen molar-refractivity contribution in [3.63, 3.8) is 0 Å². The van der Waals surface area contributed by atoms with Crippen LogP contribution in [0.5, 0.6) is 0 Å². The molecule has 2 aromatic rings. The number of ether oxygens (including phenoxy) is 1. The third-order valence-corrected chi connectivity index (χ3v) is 2.88. The zero-order valence-corrected chi connectivity index (χ0v) is 13.0. The van der Waals surface area contributed by atoms with Crippen molar-refractivity contribution < 1.29 is 13.9 Å². The number of imidazole rings is 1. The predicted octanol–water partition coefficient (Wildman–Crippen LogP) is 3.08. The molecule has 0 atom stereocenters. The fourth-order valence-corrected chi connectivity index (χ4v) is 1.98. The van der Waals surface area contributed by atoms with Crippen LogP contribution in [0, 0.1) is 5.82 Å². The second-order valence-electron chi connectivity index (χ2n) is 5.89. The summed E-state index contributed by atoms with van der Waals surface area (Å²) in [7, 11) is 0. The summed E-state index contributed by atoms with van der Waals surface area (Å²) in [5.74, 6) is -0.318. The highest BCUT2D eigenvalue weighted by Gasteiger charge is 2.16. The highest BCUT2D eigenvalue weighted by molar-refractivity contribution is 5.67. The number of para-hydroxylation sites is 1. The topological polar surface area (TPSA) is 56.1 Å². The molecule has 0 aliphatic carbocycles. The molecule has 1 N–H and O–H groups in total. The Balaban J connectivity index is 1.97. The van der Waals surface area contributed by atoms with E-state index in [2.05, 4.69) is 10.3 Å². The molecular weight excluding hydrogens is 285 g/mol. The quantitative estimate of drug-likeness (QED) is 0.944. The molecule has 0 spiro atoms. The van der Waals surface area contributed by atoms with Crippen LogP contribution >= 0.6 is 0 Å². The minimum Gasteiger partial charge on any atom is -0.444 e. The van der Waals surface area contributed by atoms with Crippen molar-refractivity contribution in [2.45, 2.75) is 32.8 Å². The summed E-state index contributed by atoms with van der Waals surface area (Å²) < 4.78 is 20.7. The summed E-state index contributed by atoms with van der Waals surface area (Å²) in [5, 5.41) is 2.67. The number of hydrogen-bond donors (Lipinski definition) is 1. The number of hydrogen-bond acceptors (Lipinski definition) is 3. The van der Waals surface area contributed by atoms with Gasteiger partial charge in [-0.1, -0.05) is 12.1 Å². The van der Waals surface area contributed by atoms with Crippen molar-refractivity contribution in [3.8, 4) is 5.69 Å². The third-order valence-electron chi connectivity index (χ3n) is 2.88. The van der Waals surface area contributed by atoms with Crippen molar-refractivity contribution in [2.75, 3.05) is 6.54 Å². The molecule has 1 aromatic heterocycles. The van der Waals surface area contributed by atoms with Crippen LogP contribution in [0.15, 0.2) is 36.8 Å². The van der Waals surface area contributed by atoms with Gasteiger partial charge in [-0.25, -0.2) is 14.2 Å². The number of alkyl carbamates (subject to hydrolysis) is 1. The lowest BCUT2D eigenvalue weighted by atomic mass is 10.2. The molecule has 0 unspecified atom stereocenters. The number of carbonyl (C=O) groups excluding carboxylic acids is 1. The smallest absolute Gasteiger partial charge is 0.407 e. The van der Waals surface area contributed by atoms with E-state index in [1.165, 1.54) is 6.07 Å². The first-order valence-corrected chi connectivity index (χ1v) is 7.10. The first-order valence-electron chi connectivity index (χ1n) is 7.10. The lowest BCUT2D eigenvalue weighted by Crippen LogP contribution is -2.33. The molecule has 118 valence electrons. The summed E-state index contributed by atoms with van der Waals surface area (Å²) in [4.78, 5) is 15.6. The van der Waals surface area contributed by atoms with Crippen LogP contribution in [0.1, 0.15) is 26.5 Å². The van der Waals surface area contributed by atoms with Crippen molar-refractivity contribution in [2.24, 2.45) is 0 Å². The van der Waals surface area contributed by atoms with E-state index < -0.39 is 11.7 Å². The number of rotatable bonds is 4. The number of nitrogens with zero attached hydrogens (tertiary/aromatic N) is 2. The Hall–Kier alpha value is -2.37. The summed E-state index contributed by atoms with van der Waals surface area (Å²) in [6, 6.07) is 6.49. The SMILES string of the molecule is CC(C)(C)OC(=O)NCCc1cncn1-c1ccccc1F. The van der Waals surface area contributed by atoms with Gasteiger partial charge in [-0.15, -0.1) is 0 Å². The minimum absolute atomic E-state index is 0.318. The fourth-order valence-electron chi connectivity index (χ4n) is 1.98. The van der Waals surface area contributed by atoms with Crippen molar-refractivity contribution >= 4 is 6.09 Å². The fraction of sp³-hybridized carbons (Fsp3) is 0.375. The monoisotopic (exact) mass is 305 g/mol. The second-order valence-corrected chi connectivity index (χ2v) is 5.89. The molecular formula is C16H20FN3O2. The molecule has 0 saturated carbocycles. The van der Waals surface area contributed by atoms with Gasteiger partial charge in [-0.2, -0.15) is 0 Å². The first-order chi connectivity index (χ1) is 10.4. The Labute approximate surface area is 129 Å². The number of amides is 1. The highest BCUT2D eigenvalue weighted by Crippen LogP contribution is 2.15. The van der Waals surface area contributed by atoms with Gasteiger partial charge >= 0.3 is 6.09 Å². The maximum atomic E-state index is 13.8. The highest BCUT2D eigenvalue weighted by atomic mass is 19.1. The molecule has 6 heteroatoms. The maximum Gasteiger partial charge on any atom is 0.407 e. The summed E-state index contributed by atoms with van der Waals surface area (Å²) >= 11 is 0. The molecule has 5 nitrogen and oxygen atoms in total. The average Bonchev–Trinajstić information content (AvgIpc) is 2.85. The van der Waals surface area contributed by atoms with E-state index in [0.717, 1.165) is 5.69 Å². The largest absolute Gasteiger partial charge is 0.444 e. The van der Waals surface area contributed by atoms with E-state index in [-0.39, 0.29) is 5.82 Å². The minimum atomic E-state index is -0.529. The standard InChI is InChI=1S/C16H20FN3O2/c1-16(2,3)22-15(21)19-9-8-12-10-18-11-20(12)14-7-5-4-6-13(14)17/h4-7,10-11H,8-9H2,1-3H3,(H,19,21). The van der Waals surface area contributed by atoms with Crippen LogP contribution < -0.4 is 5.32 Å². The number of benzene rings is 1. The van der Waals surface area contributed by atoms with Crippen LogP contribution in [0.25, 0.3) is 5.69 Å². The van der Waals surface area contributed by atoms with Gasteiger partial charge in [0.25, 0.3) is 0 Å². The van der Waals surface area contributed by atoms with Gasteiger partial charge in [-0.3, -0.25) is 0 Å². The van der Waals surface area contributed by atoms with E-state index in [1.807, 2.05) is 0 Å². The molecule has 0 aliphatic heterocycles. The molecule has 2 rings (SSSR count). The molecule has 22 heavy (non-hydrogen) atoms. The molecule has 1 aromatic carbocycles. The number of aromatic nitrogens is 2. The average molecular weight is 305 g/mol. The summed E-state index contributed by atoms with van der Waals surface area (Å²) in [6.07, 6.45) is 3.27. The van der Waals surface area contributed by atoms with E-state index in [4.69, 9.17) is 4.74 Å². The van der Waals surface area contributed by atoms with Gasteiger partial charge in [0.15, 0.2) is 0 Å². The lowest BCUT2D eigenvalue weighted by Gasteiger charge is -2.19. The van der Waals surface area contributed by atoms with Crippen LogP contribution in [0.2, 0.25) is 0 Å². The Morgan fingerprint density at radius 2 is 2.09 bits per heavy atom. The van der Waals surface area contributed by atoms with Crippen LogP contribution in [0.3, 0.4) is 0 Å². The van der Waals surface area contributed by atoms with Crippen LogP contribution in [-0.2, 0) is 11.2 Å². The van der Waals surface area contributed by atoms with Gasteiger partial charge in [0.2, 0.25) is 0 Å². The normalized spacial score (nSPS) is 11.3. The van der Waals surface area contributed by atoms with E-state index >= 15 is 0 Å². The molecule has 0 aliphatic rings. The van der Waals surface area contributed by atoms with E-state index in [9.17, 15) is 9.18 Å². The third kappa shape index (κ3) is 4.31. The van der Waals surface area contributed by atoms with Crippen LogP contribution in [-0.4, -0.2) is 27.8 Å². The van der Waals surface area contributed by atoms with E-state index in [0.29, 0.717) is 18.7 Å². The number of halogens is 1. The Morgan fingerprint density at radius 1 is 1.36 bits per heavy atom. The Morgan fingerprint density at radius 3 is 2.77 bits per heavy atom. The zero-order chi connectivity index (χ0) is 16.2. The number of nitrogens with one attached hydrogen (secondary N) is 1. The van der Waals surface area contributed by atoms with E-state index in [1.54, 1.807) is 56.1 Å². The van der Waals surface area contributed by atoms with Crippen molar-refractivity contribution in [1.29, 1.82) is 0 Å². The van der Waals surface area contributed by atoms with Crippen molar-refractivity contribution in [1.82, 2.24) is 14.9 Å². The van der Waals surface area contributed by atoms with Gasteiger partial charge < -0.3 is 14.6 Å². The molecule has 1 heterocycles. The van der Waals surface area contributed by atoms with Crippen LogP contribution in [0.4, 0.5) is 9.18 Å². The molecule has 0 bridgehead atoms. The Kier molecular flexibility index (Phi) is 4.80. The van der Waals surface area contributed by atoms with Gasteiger partial charge in [0.1, 0.15) is 11.4 Å². The molecule has 0 fully saturated rings. The molecule has 0 radical (unpaired) electrons. The van der Waals surface area contributed by atoms with Gasteiger partial charge in [0.05, 0.1) is 12.0 Å². The summed E-state index contributed by atoms with van der Waals surface area (Å²) in [5.41, 5.74) is 0.715. The molecule has 0 saturated heterocycles. The summed E-state index contributed by atoms with van der Waals surface area (Å²) in [6.45, 7) is 5.80. The van der Waals surface area contributed by atoms with Crippen molar-refractivity contribution in [3.05, 3.63) is 48.3 Å². The molecule has 1 amide bonds. The first kappa shape index (κ1) is 16.0. The maximum absolute atomic E-state index is 13.8. The lowest BCUT2D eigenvalue weighted by molar-refractivity contribution is 0.0528. The Bertz CT molecular complexity index is 647. The predicted molar refractivity (Wildman–Crippen MR) is 81.5 cm³/mol.